The Balaban J connectivity index is 2.05. The number of benzene rings is 1. The third kappa shape index (κ3) is 4.77. The molecular weight excluding hydrogens is 311 g/mol. The van der Waals surface area contributed by atoms with E-state index in [0.717, 1.165) is 12.1 Å². The predicted molar refractivity (Wildman–Crippen MR) is 76.5 cm³/mol. The van der Waals surface area contributed by atoms with Gasteiger partial charge >= 0.3 is 6.18 Å². The Morgan fingerprint density at radius 3 is 2.74 bits per heavy atom. The summed E-state index contributed by atoms with van der Waals surface area (Å²) in [6.07, 6.45) is -3.84. The van der Waals surface area contributed by atoms with E-state index in [1.54, 1.807) is 6.07 Å². The van der Waals surface area contributed by atoms with Crippen LogP contribution in [0, 0.1) is 5.92 Å². The van der Waals surface area contributed by atoms with Crippen molar-refractivity contribution in [2.45, 2.75) is 32.0 Å². The molecule has 23 heavy (non-hydrogen) atoms. The molecule has 2 unspecified atom stereocenters. The predicted octanol–water partition coefficient (Wildman–Crippen LogP) is 2.18. The van der Waals surface area contributed by atoms with Gasteiger partial charge in [-0.1, -0.05) is 30.3 Å². The molecule has 2 atom stereocenters. The van der Waals surface area contributed by atoms with Gasteiger partial charge in [-0.3, -0.25) is 0 Å². The van der Waals surface area contributed by atoms with Crippen LogP contribution in [-0.2, 0) is 19.0 Å². The van der Waals surface area contributed by atoms with Crippen molar-refractivity contribution >= 4 is 0 Å². The number of rotatable bonds is 6. The zero-order valence-corrected chi connectivity index (χ0v) is 12.5. The van der Waals surface area contributed by atoms with Gasteiger partial charge in [0.1, 0.15) is 0 Å². The summed E-state index contributed by atoms with van der Waals surface area (Å²) in [4.78, 5) is 4.16. The maximum atomic E-state index is 12.7. The molecule has 2 rings (SSSR count). The van der Waals surface area contributed by atoms with E-state index in [4.69, 9.17) is 15.4 Å². The minimum absolute atomic E-state index is 0.0426. The summed E-state index contributed by atoms with van der Waals surface area (Å²) in [5.74, 6) is 0.617. The van der Waals surface area contributed by atoms with Gasteiger partial charge in [0.05, 0.1) is 18.6 Å². The van der Waals surface area contributed by atoms with Gasteiger partial charge in [0, 0.05) is 12.5 Å². The van der Waals surface area contributed by atoms with Gasteiger partial charge in [0.2, 0.25) is 5.89 Å². The van der Waals surface area contributed by atoms with E-state index in [9.17, 15) is 13.2 Å². The van der Waals surface area contributed by atoms with E-state index in [1.807, 2.05) is 6.92 Å². The Labute approximate surface area is 131 Å². The average Bonchev–Trinajstić information content (AvgIpc) is 2.92. The average molecular weight is 329 g/mol. The summed E-state index contributed by atoms with van der Waals surface area (Å²) in [5.41, 5.74) is 5.44. The minimum Gasteiger partial charge on any atom is -0.395 e. The van der Waals surface area contributed by atoms with Gasteiger partial charge in [-0.2, -0.15) is 18.2 Å². The fourth-order valence-corrected chi connectivity index (χ4v) is 2.10. The summed E-state index contributed by atoms with van der Waals surface area (Å²) in [6.45, 7) is 1.71. The molecule has 0 fully saturated rings. The Morgan fingerprint density at radius 2 is 2.09 bits per heavy atom. The third-order valence-corrected chi connectivity index (χ3v) is 3.57. The first-order valence-electron chi connectivity index (χ1n) is 7.13. The van der Waals surface area contributed by atoms with E-state index >= 15 is 0 Å². The van der Waals surface area contributed by atoms with Crippen molar-refractivity contribution in [2.75, 3.05) is 6.61 Å². The van der Waals surface area contributed by atoms with Crippen LogP contribution in [0.2, 0.25) is 0 Å². The summed E-state index contributed by atoms with van der Waals surface area (Å²) < 4.78 is 43.1. The SMILES string of the molecule is CC(Cc1noc(Cc2cccc(C(F)(F)F)c2)n1)C(N)CO. The number of hydrogen-bond donors (Lipinski definition) is 2. The topological polar surface area (TPSA) is 85.2 Å². The molecule has 5 nitrogen and oxygen atoms in total. The lowest BCUT2D eigenvalue weighted by atomic mass is 9.99. The lowest BCUT2D eigenvalue weighted by Crippen LogP contribution is -2.33. The van der Waals surface area contributed by atoms with E-state index in [0.29, 0.717) is 17.8 Å². The van der Waals surface area contributed by atoms with Gasteiger partial charge < -0.3 is 15.4 Å². The first kappa shape index (κ1) is 17.4. The van der Waals surface area contributed by atoms with Crippen LogP contribution in [-0.4, -0.2) is 27.9 Å². The minimum atomic E-state index is -4.38. The zero-order chi connectivity index (χ0) is 17.0. The lowest BCUT2D eigenvalue weighted by Gasteiger charge is -2.14. The monoisotopic (exact) mass is 329 g/mol. The van der Waals surface area contributed by atoms with Crippen molar-refractivity contribution in [3.05, 3.63) is 47.1 Å². The molecule has 1 aromatic heterocycles. The molecule has 0 aliphatic carbocycles. The molecule has 1 aromatic carbocycles. The van der Waals surface area contributed by atoms with Crippen LogP contribution in [0.5, 0.6) is 0 Å². The largest absolute Gasteiger partial charge is 0.416 e. The van der Waals surface area contributed by atoms with E-state index in [2.05, 4.69) is 10.1 Å². The fraction of sp³-hybridized carbons (Fsp3) is 0.467. The maximum absolute atomic E-state index is 12.7. The molecule has 0 radical (unpaired) electrons. The van der Waals surface area contributed by atoms with Gasteiger partial charge in [0.15, 0.2) is 5.82 Å². The fourth-order valence-electron chi connectivity index (χ4n) is 2.10. The maximum Gasteiger partial charge on any atom is 0.416 e. The second-order valence-corrected chi connectivity index (χ2v) is 5.51. The highest BCUT2D eigenvalue weighted by Crippen LogP contribution is 2.29. The third-order valence-electron chi connectivity index (χ3n) is 3.57. The van der Waals surface area contributed by atoms with Crippen LogP contribution < -0.4 is 5.73 Å². The number of alkyl halides is 3. The Morgan fingerprint density at radius 1 is 1.35 bits per heavy atom. The Bertz CT molecular complexity index is 643. The zero-order valence-electron chi connectivity index (χ0n) is 12.5. The highest BCUT2D eigenvalue weighted by molar-refractivity contribution is 5.27. The van der Waals surface area contributed by atoms with Gasteiger partial charge in [0.25, 0.3) is 0 Å². The number of aliphatic hydroxyl groups is 1. The first-order valence-corrected chi connectivity index (χ1v) is 7.13. The molecule has 0 bridgehead atoms. The van der Waals surface area contributed by atoms with Crippen molar-refractivity contribution in [1.82, 2.24) is 10.1 Å². The summed E-state index contributed by atoms with van der Waals surface area (Å²) in [5, 5.41) is 12.8. The lowest BCUT2D eigenvalue weighted by molar-refractivity contribution is -0.137. The van der Waals surface area contributed by atoms with Crippen LogP contribution in [0.1, 0.15) is 29.8 Å². The van der Waals surface area contributed by atoms with E-state index in [1.165, 1.54) is 6.07 Å². The van der Waals surface area contributed by atoms with Crippen LogP contribution >= 0.6 is 0 Å². The first-order chi connectivity index (χ1) is 10.8. The number of nitrogens with two attached hydrogens (primary N) is 1. The molecule has 126 valence electrons. The molecule has 0 saturated heterocycles. The van der Waals surface area contributed by atoms with Crippen LogP contribution in [0.25, 0.3) is 0 Å². The molecular formula is C15H18F3N3O2. The second kappa shape index (κ2) is 7.10. The molecule has 2 aromatic rings. The molecule has 0 saturated carbocycles. The molecule has 3 N–H and O–H groups in total. The second-order valence-electron chi connectivity index (χ2n) is 5.51. The Hall–Kier alpha value is -1.93. The van der Waals surface area contributed by atoms with Crippen molar-refractivity contribution in [1.29, 1.82) is 0 Å². The molecule has 0 spiro atoms. The molecule has 1 heterocycles. The van der Waals surface area contributed by atoms with E-state index < -0.39 is 11.7 Å². The highest BCUT2D eigenvalue weighted by atomic mass is 19.4. The number of halogens is 3. The van der Waals surface area contributed by atoms with E-state index in [-0.39, 0.29) is 30.9 Å². The van der Waals surface area contributed by atoms with Crippen molar-refractivity contribution in [3.63, 3.8) is 0 Å². The van der Waals surface area contributed by atoms with Gasteiger partial charge in [-0.25, -0.2) is 0 Å². The summed E-state index contributed by atoms with van der Waals surface area (Å²) >= 11 is 0. The summed E-state index contributed by atoms with van der Waals surface area (Å²) in [6, 6.07) is 4.61. The number of aliphatic hydroxyl groups excluding tert-OH is 1. The van der Waals surface area contributed by atoms with Crippen LogP contribution in [0.4, 0.5) is 13.2 Å². The molecule has 0 aliphatic rings. The van der Waals surface area contributed by atoms with Gasteiger partial charge in [-0.15, -0.1) is 0 Å². The van der Waals surface area contributed by atoms with Crippen molar-refractivity contribution < 1.29 is 22.8 Å². The quantitative estimate of drug-likeness (QED) is 0.848. The van der Waals surface area contributed by atoms with Crippen molar-refractivity contribution in [3.8, 4) is 0 Å². The smallest absolute Gasteiger partial charge is 0.395 e. The Kier molecular flexibility index (Phi) is 5.38. The number of aromatic nitrogens is 2. The van der Waals surface area contributed by atoms with Crippen LogP contribution in [0.15, 0.2) is 28.8 Å². The number of hydrogen-bond acceptors (Lipinski definition) is 5. The van der Waals surface area contributed by atoms with Crippen molar-refractivity contribution in [2.24, 2.45) is 11.7 Å². The molecule has 0 amide bonds. The highest BCUT2D eigenvalue weighted by Gasteiger charge is 2.30. The molecule has 8 heteroatoms. The summed E-state index contributed by atoms with van der Waals surface area (Å²) in [7, 11) is 0. The van der Waals surface area contributed by atoms with Gasteiger partial charge in [-0.05, 0) is 17.5 Å². The normalized spacial score (nSPS) is 14.7. The molecule has 0 aliphatic heterocycles. The standard InChI is InChI=1S/C15H18F3N3O2/c1-9(12(19)8-22)5-13-20-14(23-21-13)7-10-3-2-4-11(6-10)15(16,17)18/h2-4,6,9,12,22H,5,7-8,19H2,1H3. The number of nitrogens with zero attached hydrogens (tertiary/aromatic N) is 2. The van der Waals surface area contributed by atoms with Crippen LogP contribution in [0.3, 0.4) is 0 Å².